The van der Waals surface area contributed by atoms with Gasteiger partial charge in [-0.25, -0.2) is 0 Å². The van der Waals surface area contributed by atoms with Crippen LogP contribution in [0.25, 0.3) is 0 Å². The van der Waals surface area contributed by atoms with E-state index in [1.54, 1.807) is 43.5 Å². The summed E-state index contributed by atoms with van der Waals surface area (Å²) in [7, 11) is 1.59. The van der Waals surface area contributed by atoms with Crippen LogP contribution < -0.4 is 10.1 Å². The molecule has 0 aliphatic heterocycles. The van der Waals surface area contributed by atoms with Gasteiger partial charge in [0.25, 0.3) is 0 Å². The molecule has 0 spiro atoms. The van der Waals surface area contributed by atoms with E-state index in [1.807, 2.05) is 6.07 Å². The number of halogens is 2. The molecule has 2 aromatic rings. The van der Waals surface area contributed by atoms with Crippen molar-refractivity contribution in [3.05, 3.63) is 52.0 Å². The number of nitrogens with zero attached hydrogens (tertiary/aromatic N) is 1. The van der Waals surface area contributed by atoms with Crippen LogP contribution in [0.1, 0.15) is 5.56 Å². The Morgan fingerprint density at radius 2 is 1.84 bits per heavy atom. The van der Waals surface area contributed by atoms with Gasteiger partial charge in [0.1, 0.15) is 5.75 Å². The van der Waals surface area contributed by atoms with Crippen LogP contribution in [0.2, 0.25) is 10.0 Å². The number of rotatable bonds is 3. The molecule has 96 valence electrons. The maximum atomic E-state index is 8.79. The van der Waals surface area contributed by atoms with Crippen molar-refractivity contribution in [3.8, 4) is 11.8 Å². The van der Waals surface area contributed by atoms with Crippen LogP contribution in [-0.2, 0) is 0 Å². The Labute approximate surface area is 121 Å². The lowest BCUT2D eigenvalue weighted by molar-refractivity contribution is 0.415. The number of hydrogen-bond acceptors (Lipinski definition) is 3. The molecule has 2 aromatic carbocycles. The number of anilines is 2. The molecule has 0 saturated heterocycles. The van der Waals surface area contributed by atoms with Crippen LogP contribution in [0.5, 0.6) is 5.75 Å². The van der Waals surface area contributed by atoms with Crippen molar-refractivity contribution in [1.82, 2.24) is 0 Å². The Hall–Kier alpha value is -1.89. The Bertz CT molecular complexity index is 650. The number of nitriles is 1. The quantitative estimate of drug-likeness (QED) is 0.898. The summed E-state index contributed by atoms with van der Waals surface area (Å²) in [6.07, 6.45) is 0. The van der Waals surface area contributed by atoms with Crippen LogP contribution in [0.4, 0.5) is 11.4 Å². The van der Waals surface area contributed by atoms with Crippen molar-refractivity contribution in [2.45, 2.75) is 0 Å². The monoisotopic (exact) mass is 292 g/mol. The summed E-state index contributed by atoms with van der Waals surface area (Å²) in [6, 6.07) is 12.3. The molecule has 0 radical (unpaired) electrons. The maximum absolute atomic E-state index is 8.79. The van der Waals surface area contributed by atoms with Gasteiger partial charge in [0, 0.05) is 6.07 Å². The first-order valence-corrected chi connectivity index (χ1v) is 6.20. The summed E-state index contributed by atoms with van der Waals surface area (Å²) in [5.74, 6) is 0.691. The molecule has 0 aliphatic rings. The lowest BCUT2D eigenvalue weighted by Crippen LogP contribution is -1.94. The topological polar surface area (TPSA) is 45.0 Å². The van der Waals surface area contributed by atoms with Crippen LogP contribution >= 0.6 is 23.2 Å². The third-order valence-corrected chi connectivity index (χ3v) is 3.18. The second-order valence-electron chi connectivity index (χ2n) is 3.78. The molecular formula is C14H10Cl2N2O. The van der Waals surface area contributed by atoms with E-state index in [-0.39, 0.29) is 0 Å². The van der Waals surface area contributed by atoms with Gasteiger partial charge < -0.3 is 10.1 Å². The minimum absolute atomic E-state index is 0.456. The first kappa shape index (κ1) is 13.5. The van der Waals surface area contributed by atoms with Crippen LogP contribution in [0.3, 0.4) is 0 Å². The van der Waals surface area contributed by atoms with Crippen LogP contribution in [-0.4, -0.2) is 7.11 Å². The Balaban J connectivity index is 2.33. The molecule has 0 fully saturated rings. The van der Waals surface area contributed by atoms with E-state index in [0.29, 0.717) is 32.7 Å². The molecule has 0 aliphatic carbocycles. The summed E-state index contributed by atoms with van der Waals surface area (Å²) in [6.45, 7) is 0. The van der Waals surface area contributed by atoms with E-state index in [4.69, 9.17) is 33.2 Å². The smallest absolute Gasteiger partial charge is 0.121 e. The Kier molecular flexibility index (Phi) is 4.16. The SMILES string of the molecule is COc1ccc(Cl)c(Nc2ccc(C#N)cc2Cl)c1. The average Bonchev–Trinajstić information content (AvgIpc) is 2.43. The van der Waals surface area contributed by atoms with Crippen LogP contribution in [0.15, 0.2) is 36.4 Å². The Morgan fingerprint density at radius 3 is 2.47 bits per heavy atom. The molecule has 0 amide bonds. The standard InChI is InChI=1S/C14H10Cl2N2O/c1-19-10-3-4-11(15)14(7-10)18-13-5-2-9(8-17)6-12(13)16/h2-7,18H,1H3. The molecule has 0 unspecified atom stereocenters. The highest BCUT2D eigenvalue weighted by Crippen LogP contribution is 2.32. The molecule has 5 heteroatoms. The zero-order valence-corrected chi connectivity index (χ0v) is 11.6. The van der Waals surface area contributed by atoms with Gasteiger partial charge in [0.15, 0.2) is 0 Å². The molecule has 0 saturated carbocycles. The van der Waals surface area contributed by atoms with E-state index in [9.17, 15) is 0 Å². The van der Waals surface area contributed by atoms with Gasteiger partial charge in [-0.05, 0) is 30.3 Å². The van der Waals surface area contributed by atoms with Gasteiger partial charge in [0.2, 0.25) is 0 Å². The number of methoxy groups -OCH3 is 1. The summed E-state index contributed by atoms with van der Waals surface area (Å²) >= 11 is 12.2. The lowest BCUT2D eigenvalue weighted by Gasteiger charge is -2.11. The minimum atomic E-state index is 0.456. The van der Waals surface area contributed by atoms with E-state index >= 15 is 0 Å². The minimum Gasteiger partial charge on any atom is -0.497 e. The fourth-order valence-electron chi connectivity index (χ4n) is 1.56. The van der Waals surface area contributed by atoms with Gasteiger partial charge in [-0.2, -0.15) is 5.26 Å². The van der Waals surface area contributed by atoms with Crippen LogP contribution in [0, 0.1) is 11.3 Å². The molecule has 0 bridgehead atoms. The van der Waals surface area contributed by atoms with Crippen molar-refractivity contribution in [1.29, 1.82) is 5.26 Å². The van der Waals surface area contributed by atoms with Crippen molar-refractivity contribution in [2.75, 3.05) is 12.4 Å². The van der Waals surface area contributed by atoms with Gasteiger partial charge in [-0.1, -0.05) is 23.2 Å². The third-order valence-electron chi connectivity index (χ3n) is 2.54. The summed E-state index contributed by atoms with van der Waals surface area (Å²) < 4.78 is 5.14. The summed E-state index contributed by atoms with van der Waals surface area (Å²) in [5.41, 5.74) is 1.87. The second kappa shape index (κ2) is 5.83. The number of hydrogen-bond donors (Lipinski definition) is 1. The van der Waals surface area contributed by atoms with Gasteiger partial charge in [-0.15, -0.1) is 0 Å². The average molecular weight is 293 g/mol. The third kappa shape index (κ3) is 3.11. The summed E-state index contributed by atoms with van der Waals surface area (Å²) in [4.78, 5) is 0. The van der Waals surface area contributed by atoms with Crippen molar-refractivity contribution in [2.24, 2.45) is 0 Å². The highest BCUT2D eigenvalue weighted by molar-refractivity contribution is 6.35. The molecule has 0 heterocycles. The van der Waals surface area contributed by atoms with E-state index in [2.05, 4.69) is 5.32 Å². The van der Waals surface area contributed by atoms with Crippen molar-refractivity contribution < 1.29 is 4.74 Å². The zero-order chi connectivity index (χ0) is 13.8. The Morgan fingerprint density at radius 1 is 1.05 bits per heavy atom. The fraction of sp³-hybridized carbons (Fsp3) is 0.0714. The second-order valence-corrected chi connectivity index (χ2v) is 4.59. The molecular weight excluding hydrogens is 283 g/mol. The van der Waals surface area contributed by atoms with E-state index in [0.717, 1.165) is 0 Å². The maximum Gasteiger partial charge on any atom is 0.121 e. The first-order valence-electron chi connectivity index (χ1n) is 5.44. The van der Waals surface area contributed by atoms with Gasteiger partial charge in [-0.3, -0.25) is 0 Å². The van der Waals surface area contributed by atoms with Crippen molar-refractivity contribution >= 4 is 34.6 Å². The van der Waals surface area contributed by atoms with E-state index < -0.39 is 0 Å². The van der Waals surface area contributed by atoms with Gasteiger partial charge in [0.05, 0.1) is 40.2 Å². The molecule has 19 heavy (non-hydrogen) atoms. The number of benzene rings is 2. The van der Waals surface area contributed by atoms with Gasteiger partial charge >= 0.3 is 0 Å². The van der Waals surface area contributed by atoms with E-state index in [1.165, 1.54) is 0 Å². The molecule has 1 N–H and O–H groups in total. The first-order chi connectivity index (χ1) is 9.13. The van der Waals surface area contributed by atoms with Crippen molar-refractivity contribution in [3.63, 3.8) is 0 Å². The normalized spacial score (nSPS) is 9.79. The summed E-state index contributed by atoms with van der Waals surface area (Å²) in [5, 5.41) is 12.9. The highest BCUT2D eigenvalue weighted by atomic mass is 35.5. The fourth-order valence-corrected chi connectivity index (χ4v) is 1.95. The lowest BCUT2D eigenvalue weighted by atomic mass is 10.2. The number of ether oxygens (including phenoxy) is 1. The number of nitrogens with one attached hydrogen (secondary N) is 1. The largest absolute Gasteiger partial charge is 0.497 e. The predicted octanol–water partition coefficient (Wildman–Crippen LogP) is 4.62. The molecule has 0 atom stereocenters. The molecule has 2 rings (SSSR count). The predicted molar refractivity (Wildman–Crippen MR) is 77.5 cm³/mol. The molecule has 3 nitrogen and oxygen atoms in total. The molecule has 0 aromatic heterocycles. The highest BCUT2D eigenvalue weighted by Gasteiger charge is 2.06. The zero-order valence-electron chi connectivity index (χ0n) is 10.1.